The monoisotopic (exact) mass is 278 g/mol. The van der Waals surface area contributed by atoms with Crippen molar-refractivity contribution in [2.45, 2.75) is 18.6 Å². The van der Waals surface area contributed by atoms with Gasteiger partial charge in [0, 0.05) is 31.6 Å². The highest BCUT2D eigenvalue weighted by atomic mass is 32.1. The molecule has 0 aromatic heterocycles. The van der Waals surface area contributed by atoms with Gasteiger partial charge in [0.25, 0.3) is 0 Å². The molecule has 3 rings (SSSR count). The predicted octanol–water partition coefficient (Wildman–Crippen LogP) is 2.22. The fraction of sp³-hybridized carbons (Fsp3) is 0.500. The summed E-state index contributed by atoms with van der Waals surface area (Å²) in [6, 6.07) is 10.0. The third kappa shape index (κ3) is 2.88. The Labute approximate surface area is 118 Å². The molecule has 0 unspecified atom stereocenters. The molecule has 1 aromatic carbocycles. The van der Waals surface area contributed by atoms with E-state index in [9.17, 15) is 0 Å². The molecule has 0 atom stereocenters. The normalized spacial score (nSPS) is 21.6. The van der Waals surface area contributed by atoms with E-state index >= 15 is 0 Å². The van der Waals surface area contributed by atoms with Crippen LogP contribution in [0.2, 0.25) is 0 Å². The Balaban J connectivity index is 1.55. The zero-order chi connectivity index (χ0) is 13.1. The molecule has 4 nitrogen and oxygen atoms in total. The van der Waals surface area contributed by atoms with Crippen molar-refractivity contribution in [2.75, 3.05) is 31.6 Å². The van der Waals surface area contributed by atoms with E-state index in [-0.39, 0.29) is 5.79 Å². The number of ether oxygens (including phenoxy) is 2. The molecule has 1 aromatic rings. The molecule has 2 fully saturated rings. The van der Waals surface area contributed by atoms with Gasteiger partial charge in [-0.05, 0) is 24.4 Å². The summed E-state index contributed by atoms with van der Waals surface area (Å²) in [6.07, 6.45) is 1.76. The average molecular weight is 278 g/mol. The first-order valence-electron chi connectivity index (χ1n) is 6.66. The molecule has 1 spiro atoms. The summed E-state index contributed by atoms with van der Waals surface area (Å²) in [4.78, 5) is 2.18. The third-order valence-corrected chi connectivity index (χ3v) is 4.01. The number of benzene rings is 1. The molecule has 0 aliphatic carbocycles. The molecule has 0 radical (unpaired) electrons. The highest BCUT2D eigenvalue weighted by molar-refractivity contribution is 7.80. The van der Waals surface area contributed by atoms with Gasteiger partial charge in [0.1, 0.15) is 0 Å². The molecular formula is C14H18N2O2S. The van der Waals surface area contributed by atoms with Crippen LogP contribution >= 0.6 is 12.2 Å². The average Bonchev–Trinajstić information content (AvgIpc) is 2.89. The largest absolute Gasteiger partial charge is 0.349 e. The van der Waals surface area contributed by atoms with E-state index in [1.807, 2.05) is 30.3 Å². The molecule has 19 heavy (non-hydrogen) atoms. The van der Waals surface area contributed by atoms with E-state index in [2.05, 4.69) is 10.2 Å². The van der Waals surface area contributed by atoms with Crippen molar-refractivity contribution < 1.29 is 9.47 Å². The summed E-state index contributed by atoms with van der Waals surface area (Å²) < 4.78 is 11.4. The Hall–Kier alpha value is -1.17. The van der Waals surface area contributed by atoms with Crippen LogP contribution in [0, 0.1) is 0 Å². The van der Waals surface area contributed by atoms with Crippen LogP contribution in [0.1, 0.15) is 12.8 Å². The number of hydrogen-bond donors (Lipinski definition) is 1. The Kier molecular flexibility index (Phi) is 3.68. The minimum absolute atomic E-state index is 0.334. The Morgan fingerprint density at radius 3 is 2.37 bits per heavy atom. The number of thiocarbonyl (C=S) groups is 1. The van der Waals surface area contributed by atoms with E-state index < -0.39 is 0 Å². The van der Waals surface area contributed by atoms with Gasteiger partial charge in [-0.1, -0.05) is 18.2 Å². The van der Waals surface area contributed by atoms with Gasteiger partial charge in [-0.25, -0.2) is 0 Å². The first-order chi connectivity index (χ1) is 9.27. The number of piperidine rings is 1. The molecule has 5 heteroatoms. The number of nitrogens with one attached hydrogen (secondary N) is 1. The second-order valence-electron chi connectivity index (χ2n) is 4.89. The van der Waals surface area contributed by atoms with E-state index in [1.54, 1.807) is 0 Å². The molecule has 2 aliphatic rings. The van der Waals surface area contributed by atoms with Crippen molar-refractivity contribution in [3.63, 3.8) is 0 Å². The molecular weight excluding hydrogens is 260 g/mol. The van der Waals surface area contributed by atoms with Gasteiger partial charge >= 0.3 is 0 Å². The lowest BCUT2D eigenvalue weighted by atomic mass is 10.0. The molecule has 2 aliphatic heterocycles. The second kappa shape index (κ2) is 5.45. The lowest BCUT2D eigenvalue weighted by Crippen LogP contribution is -2.48. The number of para-hydroxylation sites is 1. The van der Waals surface area contributed by atoms with E-state index in [0.717, 1.165) is 36.7 Å². The molecule has 102 valence electrons. The van der Waals surface area contributed by atoms with Crippen LogP contribution in [0.25, 0.3) is 0 Å². The zero-order valence-electron chi connectivity index (χ0n) is 10.8. The minimum Gasteiger partial charge on any atom is -0.349 e. The van der Waals surface area contributed by atoms with E-state index in [1.165, 1.54) is 0 Å². The van der Waals surface area contributed by atoms with E-state index in [4.69, 9.17) is 21.7 Å². The quantitative estimate of drug-likeness (QED) is 0.797. The standard InChI is InChI=1S/C14H18N2O2S/c19-13(15-12-4-2-1-3-5-12)16-8-6-14(7-9-16)17-10-11-18-14/h1-5H,6-11H2,(H,15,19). The number of anilines is 1. The van der Waals surface area contributed by atoms with E-state index in [0.29, 0.717) is 13.2 Å². The summed E-state index contributed by atoms with van der Waals surface area (Å²) in [7, 11) is 0. The van der Waals surface area contributed by atoms with Gasteiger partial charge in [0.05, 0.1) is 13.2 Å². The molecule has 2 saturated heterocycles. The van der Waals surface area contributed by atoms with Crippen LogP contribution in [-0.2, 0) is 9.47 Å². The van der Waals surface area contributed by atoms with Crippen molar-refractivity contribution >= 4 is 23.0 Å². The maximum Gasteiger partial charge on any atom is 0.173 e. The number of nitrogens with zero attached hydrogens (tertiary/aromatic N) is 1. The van der Waals surface area contributed by atoms with Crippen LogP contribution in [0.4, 0.5) is 5.69 Å². The first kappa shape index (κ1) is 12.8. The Bertz CT molecular complexity index is 436. The maximum atomic E-state index is 5.72. The Morgan fingerprint density at radius 1 is 1.11 bits per heavy atom. The summed E-state index contributed by atoms with van der Waals surface area (Å²) >= 11 is 5.45. The zero-order valence-corrected chi connectivity index (χ0v) is 11.6. The Morgan fingerprint density at radius 2 is 1.74 bits per heavy atom. The summed E-state index contributed by atoms with van der Waals surface area (Å²) in [5.41, 5.74) is 1.03. The number of hydrogen-bond acceptors (Lipinski definition) is 3. The van der Waals surface area contributed by atoms with Crippen molar-refractivity contribution in [1.29, 1.82) is 0 Å². The highest BCUT2D eigenvalue weighted by Gasteiger charge is 2.40. The SMILES string of the molecule is S=C(Nc1ccccc1)N1CCC2(CC1)OCCO2. The van der Waals surface area contributed by atoms with Gasteiger partial charge in [-0.3, -0.25) is 0 Å². The predicted molar refractivity (Wildman–Crippen MR) is 78.1 cm³/mol. The van der Waals surface area contributed by atoms with Crippen molar-refractivity contribution in [1.82, 2.24) is 4.90 Å². The second-order valence-corrected chi connectivity index (χ2v) is 5.28. The molecule has 2 heterocycles. The van der Waals surface area contributed by atoms with Crippen LogP contribution < -0.4 is 5.32 Å². The number of likely N-dealkylation sites (tertiary alicyclic amines) is 1. The summed E-state index contributed by atoms with van der Waals surface area (Å²) in [6.45, 7) is 3.18. The van der Waals surface area contributed by atoms with Crippen molar-refractivity contribution in [3.8, 4) is 0 Å². The van der Waals surface area contributed by atoms with Gasteiger partial charge < -0.3 is 19.7 Å². The van der Waals surface area contributed by atoms with Crippen LogP contribution in [0.15, 0.2) is 30.3 Å². The summed E-state index contributed by atoms with van der Waals surface area (Å²) in [5.74, 6) is -0.334. The maximum absolute atomic E-state index is 5.72. The van der Waals surface area contributed by atoms with Gasteiger partial charge in [0.15, 0.2) is 10.9 Å². The lowest BCUT2D eigenvalue weighted by molar-refractivity contribution is -0.180. The van der Waals surface area contributed by atoms with Gasteiger partial charge in [-0.15, -0.1) is 0 Å². The third-order valence-electron chi connectivity index (χ3n) is 3.65. The molecule has 0 saturated carbocycles. The fourth-order valence-corrected chi connectivity index (χ4v) is 2.86. The number of rotatable bonds is 1. The van der Waals surface area contributed by atoms with Crippen LogP contribution in [0.5, 0.6) is 0 Å². The van der Waals surface area contributed by atoms with Crippen LogP contribution in [0.3, 0.4) is 0 Å². The smallest absolute Gasteiger partial charge is 0.173 e. The molecule has 1 N–H and O–H groups in total. The van der Waals surface area contributed by atoms with Gasteiger partial charge in [-0.2, -0.15) is 0 Å². The van der Waals surface area contributed by atoms with Gasteiger partial charge in [0.2, 0.25) is 0 Å². The minimum atomic E-state index is -0.334. The van der Waals surface area contributed by atoms with Crippen LogP contribution in [-0.4, -0.2) is 42.1 Å². The molecule has 0 amide bonds. The topological polar surface area (TPSA) is 33.7 Å². The summed E-state index contributed by atoms with van der Waals surface area (Å²) in [5, 5.41) is 4.04. The fourth-order valence-electron chi connectivity index (χ4n) is 2.56. The first-order valence-corrected chi connectivity index (χ1v) is 7.07. The van der Waals surface area contributed by atoms with Crippen molar-refractivity contribution in [3.05, 3.63) is 30.3 Å². The highest BCUT2D eigenvalue weighted by Crippen LogP contribution is 2.31. The lowest BCUT2D eigenvalue weighted by Gasteiger charge is -2.38. The van der Waals surface area contributed by atoms with Crippen molar-refractivity contribution in [2.24, 2.45) is 0 Å². The molecule has 0 bridgehead atoms.